The number of para-hydroxylation sites is 1. The summed E-state index contributed by atoms with van der Waals surface area (Å²) in [6.45, 7) is 3.41. The molecule has 28 heavy (non-hydrogen) atoms. The van der Waals surface area contributed by atoms with Crippen molar-refractivity contribution in [3.8, 4) is 0 Å². The number of amides is 1. The van der Waals surface area contributed by atoms with Crippen LogP contribution in [-0.2, 0) is 6.42 Å². The van der Waals surface area contributed by atoms with Crippen LogP contribution >= 0.6 is 0 Å². The minimum Gasteiger partial charge on any atom is -0.370 e. The molecule has 0 atom stereocenters. The highest BCUT2D eigenvalue weighted by Gasteiger charge is 2.24. The van der Waals surface area contributed by atoms with Gasteiger partial charge in [0.25, 0.3) is 5.91 Å². The zero-order chi connectivity index (χ0) is 19.3. The minimum absolute atomic E-state index is 0.0457. The molecule has 1 aromatic heterocycles. The fourth-order valence-electron chi connectivity index (χ4n) is 4.13. The van der Waals surface area contributed by atoms with E-state index in [2.05, 4.69) is 27.4 Å². The van der Waals surface area contributed by atoms with Gasteiger partial charge in [-0.3, -0.25) is 4.79 Å². The van der Waals surface area contributed by atoms with Crippen LogP contribution in [0, 0.1) is 6.92 Å². The third-order valence-electron chi connectivity index (χ3n) is 5.55. The average molecular weight is 377 g/mol. The lowest BCUT2D eigenvalue weighted by Crippen LogP contribution is -2.36. The molecule has 4 rings (SSSR count). The number of hydrogen-bond acceptors (Lipinski definition) is 4. The zero-order valence-corrected chi connectivity index (χ0v) is 16.6. The Morgan fingerprint density at radius 1 is 1.14 bits per heavy atom. The Hall–Kier alpha value is -2.69. The summed E-state index contributed by atoms with van der Waals surface area (Å²) >= 11 is 0. The zero-order valence-electron chi connectivity index (χ0n) is 16.6. The SMILES string of the molecule is Cc1nc(NCCC2=CCCCC2)cc(C(=O)N2CCCc3ccccc32)n1. The molecule has 0 fully saturated rings. The highest BCUT2D eigenvalue weighted by Crippen LogP contribution is 2.28. The van der Waals surface area contributed by atoms with Gasteiger partial charge >= 0.3 is 0 Å². The molecule has 2 heterocycles. The number of carbonyl (C=O) groups excluding carboxylic acids is 1. The third-order valence-corrected chi connectivity index (χ3v) is 5.55. The first-order valence-corrected chi connectivity index (χ1v) is 10.4. The van der Waals surface area contributed by atoms with Gasteiger partial charge in [-0.05, 0) is 63.5 Å². The van der Waals surface area contributed by atoms with Gasteiger partial charge < -0.3 is 10.2 Å². The third kappa shape index (κ3) is 4.24. The van der Waals surface area contributed by atoms with Gasteiger partial charge in [0.1, 0.15) is 17.3 Å². The summed E-state index contributed by atoms with van der Waals surface area (Å²) in [5.74, 6) is 1.31. The summed E-state index contributed by atoms with van der Waals surface area (Å²) in [7, 11) is 0. The van der Waals surface area contributed by atoms with E-state index < -0.39 is 0 Å². The first kappa shape index (κ1) is 18.7. The molecule has 2 aliphatic rings. The number of carbonyl (C=O) groups is 1. The number of allylic oxidation sites excluding steroid dienone is 1. The van der Waals surface area contributed by atoms with Crippen molar-refractivity contribution in [2.75, 3.05) is 23.3 Å². The average Bonchev–Trinajstić information content (AvgIpc) is 2.73. The van der Waals surface area contributed by atoms with E-state index in [1.165, 1.54) is 36.8 Å². The van der Waals surface area contributed by atoms with Gasteiger partial charge in [0.15, 0.2) is 0 Å². The van der Waals surface area contributed by atoms with E-state index in [9.17, 15) is 4.79 Å². The molecule has 0 saturated carbocycles. The standard InChI is InChI=1S/C23H28N4O/c1-17-25-20(16-22(26-17)24-14-13-18-8-3-2-4-9-18)23(28)27-15-7-11-19-10-5-6-12-21(19)27/h5-6,8,10,12,16H,2-4,7,9,11,13-15H2,1H3,(H,24,25,26). The number of nitrogens with zero attached hydrogens (tertiary/aromatic N) is 3. The number of aromatic nitrogens is 2. The normalized spacial score (nSPS) is 16.3. The Balaban J connectivity index is 1.47. The molecule has 1 amide bonds. The number of benzene rings is 1. The molecule has 1 aliphatic heterocycles. The van der Waals surface area contributed by atoms with Crippen molar-refractivity contribution in [3.63, 3.8) is 0 Å². The Bertz CT molecular complexity index is 890. The fraction of sp³-hybridized carbons (Fsp3) is 0.435. The number of hydrogen-bond donors (Lipinski definition) is 1. The lowest BCUT2D eigenvalue weighted by molar-refractivity contribution is 0.0980. The molecule has 0 saturated heterocycles. The minimum atomic E-state index is -0.0457. The fourth-order valence-corrected chi connectivity index (χ4v) is 4.13. The van der Waals surface area contributed by atoms with Gasteiger partial charge in [-0.25, -0.2) is 9.97 Å². The molecule has 5 heteroatoms. The van der Waals surface area contributed by atoms with Crippen molar-refractivity contribution in [2.24, 2.45) is 0 Å². The molecule has 0 radical (unpaired) electrons. The number of rotatable bonds is 5. The van der Waals surface area contributed by atoms with Crippen LogP contribution in [0.3, 0.4) is 0 Å². The van der Waals surface area contributed by atoms with Gasteiger partial charge in [-0.15, -0.1) is 0 Å². The van der Waals surface area contributed by atoms with E-state index in [1.807, 2.05) is 30.0 Å². The van der Waals surface area contributed by atoms with E-state index in [-0.39, 0.29) is 5.91 Å². The molecular formula is C23H28N4O. The van der Waals surface area contributed by atoms with Crippen molar-refractivity contribution >= 4 is 17.4 Å². The number of fused-ring (bicyclic) bond motifs is 1. The van der Waals surface area contributed by atoms with Crippen molar-refractivity contribution < 1.29 is 4.79 Å². The molecular weight excluding hydrogens is 348 g/mol. The number of aryl methyl sites for hydroxylation is 2. The predicted octanol–water partition coefficient (Wildman–Crippen LogP) is 4.68. The van der Waals surface area contributed by atoms with Gasteiger partial charge in [-0.2, -0.15) is 0 Å². The Morgan fingerprint density at radius 2 is 2.04 bits per heavy atom. The summed E-state index contributed by atoms with van der Waals surface area (Å²) < 4.78 is 0. The Labute approximate surface area is 166 Å². The highest BCUT2D eigenvalue weighted by molar-refractivity contribution is 6.05. The second kappa shape index (κ2) is 8.55. The van der Waals surface area contributed by atoms with Crippen LogP contribution < -0.4 is 10.2 Å². The predicted molar refractivity (Wildman–Crippen MR) is 113 cm³/mol. The Morgan fingerprint density at radius 3 is 2.89 bits per heavy atom. The van der Waals surface area contributed by atoms with Crippen molar-refractivity contribution in [3.05, 3.63) is 59.1 Å². The van der Waals surface area contributed by atoms with Crippen molar-refractivity contribution in [1.82, 2.24) is 9.97 Å². The first-order chi connectivity index (χ1) is 13.7. The smallest absolute Gasteiger partial charge is 0.277 e. The highest BCUT2D eigenvalue weighted by atomic mass is 16.2. The lowest BCUT2D eigenvalue weighted by Gasteiger charge is -2.29. The summed E-state index contributed by atoms with van der Waals surface area (Å²) in [4.78, 5) is 23.9. The van der Waals surface area contributed by atoms with E-state index >= 15 is 0 Å². The maximum Gasteiger partial charge on any atom is 0.277 e. The molecule has 1 aromatic carbocycles. The Kier molecular flexibility index (Phi) is 5.70. The van der Waals surface area contributed by atoms with Gasteiger partial charge in [0.2, 0.25) is 0 Å². The molecule has 1 aliphatic carbocycles. The molecule has 5 nitrogen and oxygen atoms in total. The van der Waals surface area contributed by atoms with E-state index in [0.29, 0.717) is 11.5 Å². The molecule has 0 unspecified atom stereocenters. The van der Waals surface area contributed by atoms with Crippen LogP contribution in [0.25, 0.3) is 0 Å². The lowest BCUT2D eigenvalue weighted by atomic mass is 9.97. The van der Waals surface area contributed by atoms with E-state index in [0.717, 1.165) is 43.9 Å². The first-order valence-electron chi connectivity index (χ1n) is 10.4. The number of nitrogens with one attached hydrogen (secondary N) is 1. The summed E-state index contributed by atoms with van der Waals surface area (Å²) in [5, 5.41) is 3.39. The van der Waals surface area contributed by atoms with Gasteiger partial charge in [0, 0.05) is 24.8 Å². The van der Waals surface area contributed by atoms with Crippen LogP contribution in [0.15, 0.2) is 42.0 Å². The topological polar surface area (TPSA) is 58.1 Å². The second-order valence-corrected chi connectivity index (χ2v) is 7.66. The van der Waals surface area contributed by atoms with Crippen molar-refractivity contribution in [1.29, 1.82) is 0 Å². The molecule has 0 spiro atoms. The van der Waals surface area contributed by atoms with E-state index in [1.54, 1.807) is 6.07 Å². The second-order valence-electron chi connectivity index (χ2n) is 7.66. The van der Waals surface area contributed by atoms with Crippen LogP contribution in [0.4, 0.5) is 11.5 Å². The van der Waals surface area contributed by atoms with Gasteiger partial charge in [-0.1, -0.05) is 29.8 Å². The molecule has 1 N–H and O–H groups in total. The molecule has 2 aromatic rings. The van der Waals surface area contributed by atoms with Crippen LogP contribution in [-0.4, -0.2) is 29.0 Å². The van der Waals surface area contributed by atoms with Crippen LogP contribution in [0.2, 0.25) is 0 Å². The summed E-state index contributed by atoms with van der Waals surface area (Å²) in [5.41, 5.74) is 4.23. The number of anilines is 2. The monoisotopic (exact) mass is 376 g/mol. The largest absolute Gasteiger partial charge is 0.370 e. The van der Waals surface area contributed by atoms with Crippen LogP contribution in [0.1, 0.15) is 60.4 Å². The van der Waals surface area contributed by atoms with Gasteiger partial charge in [0.05, 0.1) is 0 Å². The van der Waals surface area contributed by atoms with Crippen molar-refractivity contribution in [2.45, 2.75) is 51.9 Å². The van der Waals surface area contributed by atoms with E-state index in [4.69, 9.17) is 0 Å². The maximum absolute atomic E-state index is 13.2. The summed E-state index contributed by atoms with van der Waals surface area (Å²) in [6, 6.07) is 9.94. The molecule has 146 valence electrons. The quantitative estimate of drug-likeness (QED) is 0.770. The maximum atomic E-state index is 13.2. The molecule has 0 bridgehead atoms. The summed E-state index contributed by atoms with van der Waals surface area (Å²) in [6.07, 6.45) is 10.4. The van der Waals surface area contributed by atoms with Crippen LogP contribution in [0.5, 0.6) is 0 Å².